The Morgan fingerprint density at radius 1 is 1.00 bits per heavy atom. The highest BCUT2D eigenvalue weighted by molar-refractivity contribution is 5.84. The number of nitrogens with one attached hydrogen (secondary N) is 1. The van der Waals surface area contributed by atoms with Gasteiger partial charge in [0.1, 0.15) is 0 Å². The number of H-pyrrole nitrogens is 1. The van der Waals surface area contributed by atoms with Crippen molar-refractivity contribution in [3.8, 4) is 0 Å². The standard InChI is InChI=1S/C15H21N/c1-3-5-7-12-8-9-15-14(10-11-16-15)13(12)6-4-2/h8-11,16H,3-7H2,1-2H3. The van der Waals surface area contributed by atoms with Gasteiger partial charge in [0.05, 0.1) is 0 Å². The minimum absolute atomic E-state index is 1.20. The summed E-state index contributed by atoms with van der Waals surface area (Å²) in [6, 6.07) is 6.74. The first-order chi connectivity index (χ1) is 7.86. The molecular formula is C15H21N. The second kappa shape index (κ2) is 5.20. The molecule has 0 aliphatic heterocycles. The van der Waals surface area contributed by atoms with Crippen molar-refractivity contribution < 1.29 is 0 Å². The zero-order valence-electron chi connectivity index (χ0n) is 10.3. The fraction of sp³-hybridized carbons (Fsp3) is 0.467. The summed E-state index contributed by atoms with van der Waals surface area (Å²) in [6.45, 7) is 4.52. The Morgan fingerprint density at radius 3 is 2.62 bits per heavy atom. The van der Waals surface area contributed by atoms with E-state index in [0.717, 1.165) is 0 Å². The highest BCUT2D eigenvalue weighted by Crippen LogP contribution is 2.24. The van der Waals surface area contributed by atoms with Crippen LogP contribution in [0.5, 0.6) is 0 Å². The number of benzene rings is 1. The summed E-state index contributed by atoms with van der Waals surface area (Å²) in [6.07, 6.45) is 8.28. The predicted octanol–water partition coefficient (Wildman–Crippen LogP) is 4.46. The van der Waals surface area contributed by atoms with Crippen molar-refractivity contribution in [1.29, 1.82) is 0 Å². The lowest BCUT2D eigenvalue weighted by Gasteiger charge is -2.10. The molecule has 0 unspecified atom stereocenters. The first-order valence-corrected chi connectivity index (χ1v) is 6.44. The van der Waals surface area contributed by atoms with Gasteiger partial charge in [-0.1, -0.05) is 32.8 Å². The van der Waals surface area contributed by atoms with Gasteiger partial charge in [-0.25, -0.2) is 0 Å². The van der Waals surface area contributed by atoms with Crippen molar-refractivity contribution in [1.82, 2.24) is 4.98 Å². The molecule has 2 aromatic rings. The molecule has 0 spiro atoms. The van der Waals surface area contributed by atoms with Gasteiger partial charge < -0.3 is 4.98 Å². The maximum Gasteiger partial charge on any atom is 0.0456 e. The molecule has 0 saturated heterocycles. The zero-order chi connectivity index (χ0) is 11.4. The summed E-state index contributed by atoms with van der Waals surface area (Å²) in [5.74, 6) is 0. The number of aryl methyl sites for hydroxylation is 2. The molecule has 0 fully saturated rings. The molecule has 0 amide bonds. The second-order valence-corrected chi connectivity index (χ2v) is 4.50. The lowest BCUT2D eigenvalue weighted by molar-refractivity contribution is 0.783. The predicted molar refractivity (Wildman–Crippen MR) is 70.9 cm³/mol. The lowest BCUT2D eigenvalue weighted by atomic mass is 9.95. The first kappa shape index (κ1) is 11.3. The van der Waals surface area contributed by atoms with Crippen molar-refractivity contribution in [3.63, 3.8) is 0 Å². The molecular weight excluding hydrogens is 194 g/mol. The fourth-order valence-corrected chi connectivity index (χ4v) is 2.39. The number of fused-ring (bicyclic) bond motifs is 1. The summed E-state index contributed by atoms with van der Waals surface area (Å²) < 4.78 is 0. The molecule has 0 atom stereocenters. The van der Waals surface area contributed by atoms with Crippen LogP contribution in [0, 0.1) is 0 Å². The molecule has 1 N–H and O–H groups in total. The lowest BCUT2D eigenvalue weighted by Crippen LogP contribution is -1.95. The van der Waals surface area contributed by atoms with Gasteiger partial charge in [0, 0.05) is 17.1 Å². The Kier molecular flexibility index (Phi) is 3.66. The van der Waals surface area contributed by atoms with E-state index >= 15 is 0 Å². The smallest absolute Gasteiger partial charge is 0.0456 e. The maximum atomic E-state index is 3.30. The number of hydrogen-bond acceptors (Lipinski definition) is 0. The topological polar surface area (TPSA) is 15.8 Å². The fourth-order valence-electron chi connectivity index (χ4n) is 2.39. The molecule has 0 radical (unpaired) electrons. The van der Waals surface area contributed by atoms with Gasteiger partial charge in [0.25, 0.3) is 0 Å². The van der Waals surface area contributed by atoms with Gasteiger partial charge in [0.2, 0.25) is 0 Å². The van der Waals surface area contributed by atoms with Crippen LogP contribution in [0.15, 0.2) is 24.4 Å². The summed E-state index contributed by atoms with van der Waals surface area (Å²) in [5.41, 5.74) is 4.40. The molecule has 1 aromatic heterocycles. The molecule has 2 rings (SSSR count). The molecule has 86 valence electrons. The van der Waals surface area contributed by atoms with Gasteiger partial charge in [-0.2, -0.15) is 0 Å². The summed E-state index contributed by atoms with van der Waals surface area (Å²) in [4.78, 5) is 3.30. The Labute approximate surface area is 97.9 Å². The summed E-state index contributed by atoms with van der Waals surface area (Å²) in [5, 5.41) is 1.43. The van der Waals surface area contributed by atoms with E-state index in [0.29, 0.717) is 0 Å². The van der Waals surface area contributed by atoms with E-state index in [-0.39, 0.29) is 0 Å². The van der Waals surface area contributed by atoms with Crippen LogP contribution in [0.2, 0.25) is 0 Å². The third kappa shape index (κ3) is 2.13. The molecule has 0 aliphatic rings. The van der Waals surface area contributed by atoms with Crippen molar-refractivity contribution in [2.45, 2.75) is 46.0 Å². The largest absolute Gasteiger partial charge is 0.361 e. The first-order valence-electron chi connectivity index (χ1n) is 6.44. The summed E-state index contributed by atoms with van der Waals surface area (Å²) in [7, 11) is 0. The molecule has 1 heteroatoms. The van der Waals surface area contributed by atoms with E-state index in [1.807, 2.05) is 6.20 Å². The van der Waals surface area contributed by atoms with E-state index in [1.54, 1.807) is 11.1 Å². The van der Waals surface area contributed by atoms with Crippen LogP contribution >= 0.6 is 0 Å². The Hall–Kier alpha value is -1.24. The minimum atomic E-state index is 1.20. The average molecular weight is 215 g/mol. The van der Waals surface area contributed by atoms with Crippen LogP contribution in [0.4, 0.5) is 0 Å². The normalized spacial score (nSPS) is 11.1. The van der Waals surface area contributed by atoms with E-state index in [4.69, 9.17) is 0 Å². The molecule has 16 heavy (non-hydrogen) atoms. The minimum Gasteiger partial charge on any atom is -0.361 e. The van der Waals surface area contributed by atoms with Crippen LogP contribution in [0.25, 0.3) is 10.9 Å². The van der Waals surface area contributed by atoms with E-state index in [2.05, 4.69) is 37.0 Å². The highest BCUT2D eigenvalue weighted by atomic mass is 14.7. The van der Waals surface area contributed by atoms with Crippen molar-refractivity contribution in [2.24, 2.45) is 0 Å². The van der Waals surface area contributed by atoms with Gasteiger partial charge in [0.15, 0.2) is 0 Å². The van der Waals surface area contributed by atoms with Crippen molar-refractivity contribution in [3.05, 3.63) is 35.5 Å². The second-order valence-electron chi connectivity index (χ2n) is 4.50. The van der Waals surface area contributed by atoms with Gasteiger partial charge in [-0.3, -0.25) is 0 Å². The SMILES string of the molecule is CCCCc1ccc2[nH]ccc2c1CCC. The van der Waals surface area contributed by atoms with E-state index in [1.165, 1.54) is 43.0 Å². The quantitative estimate of drug-likeness (QED) is 0.757. The van der Waals surface area contributed by atoms with Crippen LogP contribution in [-0.4, -0.2) is 4.98 Å². The van der Waals surface area contributed by atoms with Crippen molar-refractivity contribution >= 4 is 10.9 Å². The molecule has 1 aromatic carbocycles. The number of aromatic nitrogens is 1. The van der Waals surface area contributed by atoms with E-state index in [9.17, 15) is 0 Å². The van der Waals surface area contributed by atoms with Crippen LogP contribution in [0.3, 0.4) is 0 Å². The monoisotopic (exact) mass is 215 g/mol. The third-order valence-electron chi connectivity index (χ3n) is 3.24. The number of rotatable bonds is 5. The van der Waals surface area contributed by atoms with Gasteiger partial charge >= 0.3 is 0 Å². The third-order valence-corrected chi connectivity index (χ3v) is 3.24. The van der Waals surface area contributed by atoms with Gasteiger partial charge in [-0.05, 0) is 42.5 Å². The van der Waals surface area contributed by atoms with E-state index < -0.39 is 0 Å². The maximum absolute atomic E-state index is 3.30. The number of hydrogen-bond donors (Lipinski definition) is 1. The Balaban J connectivity index is 2.41. The highest BCUT2D eigenvalue weighted by Gasteiger charge is 2.07. The number of unbranched alkanes of at least 4 members (excludes halogenated alkanes) is 1. The van der Waals surface area contributed by atoms with Crippen LogP contribution < -0.4 is 0 Å². The molecule has 1 heterocycles. The summed E-state index contributed by atoms with van der Waals surface area (Å²) >= 11 is 0. The average Bonchev–Trinajstić information content (AvgIpc) is 2.76. The van der Waals surface area contributed by atoms with Crippen LogP contribution in [-0.2, 0) is 12.8 Å². The Bertz CT molecular complexity index is 453. The molecule has 1 nitrogen and oxygen atoms in total. The van der Waals surface area contributed by atoms with Gasteiger partial charge in [-0.15, -0.1) is 0 Å². The van der Waals surface area contributed by atoms with Crippen molar-refractivity contribution in [2.75, 3.05) is 0 Å². The molecule has 0 aliphatic carbocycles. The number of aromatic amines is 1. The van der Waals surface area contributed by atoms with Crippen LogP contribution in [0.1, 0.15) is 44.2 Å². The molecule has 0 bridgehead atoms. The zero-order valence-corrected chi connectivity index (χ0v) is 10.3. The Morgan fingerprint density at radius 2 is 1.88 bits per heavy atom. The molecule has 0 saturated carbocycles.